The smallest absolute Gasteiger partial charge is 0.274 e. The number of hydrogen-bond donors (Lipinski definition) is 1. The maximum atomic E-state index is 12.4. The van der Waals surface area contributed by atoms with Gasteiger partial charge in [-0.15, -0.1) is 0 Å². The monoisotopic (exact) mass is 325 g/mol. The van der Waals surface area contributed by atoms with Gasteiger partial charge >= 0.3 is 0 Å². The highest BCUT2D eigenvalue weighted by atomic mass is 16.2. The van der Waals surface area contributed by atoms with Crippen LogP contribution in [0.2, 0.25) is 0 Å². The lowest BCUT2D eigenvalue weighted by Gasteiger charge is -2.33. The molecule has 1 aromatic carbocycles. The summed E-state index contributed by atoms with van der Waals surface area (Å²) in [5.74, 6) is 0.431. The third kappa shape index (κ3) is 3.68. The van der Waals surface area contributed by atoms with Crippen LogP contribution < -0.4 is 10.2 Å². The summed E-state index contributed by atoms with van der Waals surface area (Å²) >= 11 is 0. The van der Waals surface area contributed by atoms with Crippen molar-refractivity contribution < 1.29 is 9.59 Å². The second kappa shape index (κ2) is 7.08. The fourth-order valence-corrected chi connectivity index (χ4v) is 2.62. The quantitative estimate of drug-likeness (QED) is 0.858. The number of rotatable bonds is 4. The highest BCUT2D eigenvalue weighted by molar-refractivity contribution is 6.03. The molecule has 0 atom stereocenters. The molecular weight excluding hydrogens is 306 g/mol. The summed E-state index contributed by atoms with van der Waals surface area (Å²) in [6.07, 6.45) is 2.25. The van der Waals surface area contributed by atoms with Gasteiger partial charge in [0.15, 0.2) is 0 Å². The van der Waals surface area contributed by atoms with E-state index in [4.69, 9.17) is 0 Å². The summed E-state index contributed by atoms with van der Waals surface area (Å²) in [5, 5.41) is 2.84. The van der Waals surface area contributed by atoms with Crippen molar-refractivity contribution in [1.82, 2.24) is 14.9 Å². The molecule has 0 spiro atoms. The van der Waals surface area contributed by atoms with Crippen molar-refractivity contribution in [2.45, 2.75) is 6.92 Å². The van der Waals surface area contributed by atoms with Crippen LogP contribution >= 0.6 is 0 Å². The first-order valence-corrected chi connectivity index (χ1v) is 7.80. The van der Waals surface area contributed by atoms with Crippen LogP contribution in [0.15, 0.2) is 36.7 Å². The van der Waals surface area contributed by atoms with E-state index in [1.807, 2.05) is 36.1 Å². The van der Waals surface area contributed by atoms with Crippen LogP contribution in [0, 0.1) is 6.92 Å². The summed E-state index contributed by atoms with van der Waals surface area (Å²) in [7, 11) is 0. The minimum absolute atomic E-state index is 0.268. The van der Waals surface area contributed by atoms with Crippen molar-refractivity contribution in [3.63, 3.8) is 0 Å². The molecule has 1 aromatic heterocycles. The van der Waals surface area contributed by atoms with Crippen molar-refractivity contribution in [1.29, 1.82) is 0 Å². The molecule has 24 heavy (non-hydrogen) atoms. The molecule has 1 N–H and O–H groups in total. The second-order valence-electron chi connectivity index (χ2n) is 5.71. The Bertz CT molecular complexity index is 741. The fraction of sp³-hybridized carbons (Fsp3) is 0.294. The molecule has 0 unspecified atom stereocenters. The van der Waals surface area contributed by atoms with Gasteiger partial charge in [-0.3, -0.25) is 9.59 Å². The molecule has 7 heteroatoms. The maximum absolute atomic E-state index is 12.4. The number of nitrogens with zero attached hydrogens (tertiary/aromatic N) is 4. The van der Waals surface area contributed by atoms with E-state index in [0.717, 1.165) is 17.7 Å². The summed E-state index contributed by atoms with van der Waals surface area (Å²) < 4.78 is 0. The maximum Gasteiger partial charge on any atom is 0.274 e. The predicted molar refractivity (Wildman–Crippen MR) is 91.0 cm³/mol. The van der Waals surface area contributed by atoms with E-state index in [9.17, 15) is 9.59 Å². The highest BCUT2D eigenvalue weighted by Gasteiger charge is 2.18. The van der Waals surface area contributed by atoms with Crippen LogP contribution in [0.3, 0.4) is 0 Å². The molecule has 0 saturated carbocycles. The number of anilines is 2. The molecule has 1 aliphatic heterocycles. The minimum atomic E-state index is -0.268. The van der Waals surface area contributed by atoms with Gasteiger partial charge in [-0.1, -0.05) is 12.1 Å². The number of carbonyl (C=O) groups excluding carboxylic acids is 2. The number of benzene rings is 1. The lowest BCUT2D eigenvalue weighted by molar-refractivity contribution is -0.118. The normalized spacial score (nSPS) is 14.4. The number of aromatic nitrogens is 2. The molecule has 7 nitrogen and oxygen atoms in total. The number of piperazine rings is 1. The molecule has 1 aliphatic rings. The van der Waals surface area contributed by atoms with Crippen LogP contribution in [0.1, 0.15) is 16.1 Å². The zero-order valence-electron chi connectivity index (χ0n) is 13.5. The Morgan fingerprint density at radius 1 is 1.17 bits per heavy atom. The lowest BCUT2D eigenvalue weighted by atomic mass is 10.2. The van der Waals surface area contributed by atoms with Crippen LogP contribution in [0.5, 0.6) is 0 Å². The first-order chi connectivity index (χ1) is 11.7. The number of carbonyl (C=O) groups is 2. The van der Waals surface area contributed by atoms with Gasteiger partial charge in [0.05, 0.1) is 0 Å². The van der Waals surface area contributed by atoms with Crippen molar-refractivity contribution in [3.05, 3.63) is 47.9 Å². The second-order valence-corrected chi connectivity index (χ2v) is 5.71. The zero-order valence-corrected chi connectivity index (χ0v) is 13.5. The van der Waals surface area contributed by atoms with E-state index in [-0.39, 0.29) is 5.91 Å². The van der Waals surface area contributed by atoms with Crippen LogP contribution in [0.25, 0.3) is 0 Å². The van der Waals surface area contributed by atoms with Crippen molar-refractivity contribution >= 4 is 23.8 Å². The van der Waals surface area contributed by atoms with Crippen molar-refractivity contribution in [3.8, 4) is 0 Å². The molecule has 2 aromatic rings. The van der Waals surface area contributed by atoms with Gasteiger partial charge in [0.1, 0.15) is 17.8 Å². The third-order valence-electron chi connectivity index (χ3n) is 3.95. The summed E-state index contributed by atoms with van der Waals surface area (Å²) in [6, 6.07) is 9.28. The average Bonchev–Trinajstić information content (AvgIpc) is 2.62. The molecular formula is C17H19N5O2. The van der Waals surface area contributed by atoms with Crippen LogP contribution in [-0.2, 0) is 4.79 Å². The molecule has 1 fully saturated rings. The third-order valence-corrected chi connectivity index (χ3v) is 3.95. The predicted octanol–water partition coefficient (Wildman–Crippen LogP) is 1.32. The van der Waals surface area contributed by atoms with E-state index in [1.165, 1.54) is 6.33 Å². The summed E-state index contributed by atoms with van der Waals surface area (Å²) in [5.41, 5.74) is 2.13. The first-order valence-electron chi connectivity index (χ1n) is 7.80. The Kier molecular flexibility index (Phi) is 4.69. The largest absolute Gasteiger partial charge is 0.353 e. The standard InChI is InChI=1S/C17H19N5O2/c1-13-3-2-4-14(9-13)20-17(24)15-10-16(19-11-18-15)22-7-5-21(12-23)6-8-22/h2-4,9-12H,5-8H2,1H3,(H,20,24). The zero-order chi connectivity index (χ0) is 16.9. The van der Waals surface area contributed by atoms with Gasteiger partial charge in [0.25, 0.3) is 5.91 Å². The molecule has 0 bridgehead atoms. The van der Waals surface area contributed by atoms with Gasteiger partial charge in [0, 0.05) is 37.9 Å². The van der Waals surface area contributed by atoms with Crippen molar-refractivity contribution in [2.24, 2.45) is 0 Å². The lowest BCUT2D eigenvalue weighted by Crippen LogP contribution is -2.46. The highest BCUT2D eigenvalue weighted by Crippen LogP contribution is 2.15. The SMILES string of the molecule is Cc1cccc(NC(=O)c2cc(N3CCN(C=O)CC3)ncn2)c1. The topological polar surface area (TPSA) is 78.4 Å². The Morgan fingerprint density at radius 2 is 1.96 bits per heavy atom. The Labute approximate surface area is 140 Å². The van der Waals surface area contributed by atoms with E-state index in [1.54, 1.807) is 11.0 Å². The van der Waals surface area contributed by atoms with Crippen LogP contribution in [0.4, 0.5) is 11.5 Å². The Morgan fingerprint density at radius 3 is 2.67 bits per heavy atom. The molecule has 0 aliphatic carbocycles. The van der Waals surface area contributed by atoms with E-state index in [0.29, 0.717) is 37.7 Å². The summed E-state index contributed by atoms with van der Waals surface area (Å²) in [6.45, 7) is 4.65. The Hall–Kier alpha value is -2.96. The van der Waals surface area contributed by atoms with Gasteiger partial charge in [-0.25, -0.2) is 9.97 Å². The molecule has 0 radical (unpaired) electrons. The Balaban J connectivity index is 1.70. The summed E-state index contributed by atoms with van der Waals surface area (Å²) in [4.78, 5) is 35.2. The van der Waals surface area contributed by atoms with E-state index in [2.05, 4.69) is 15.3 Å². The minimum Gasteiger partial charge on any atom is -0.353 e. The van der Waals surface area contributed by atoms with Crippen LogP contribution in [-0.4, -0.2) is 53.4 Å². The molecule has 2 amide bonds. The van der Waals surface area contributed by atoms with E-state index >= 15 is 0 Å². The van der Waals surface area contributed by atoms with Gasteiger partial charge in [-0.2, -0.15) is 0 Å². The number of hydrogen-bond acceptors (Lipinski definition) is 5. The van der Waals surface area contributed by atoms with E-state index < -0.39 is 0 Å². The van der Waals surface area contributed by atoms with Gasteiger partial charge in [0.2, 0.25) is 6.41 Å². The molecule has 1 saturated heterocycles. The number of amides is 2. The average molecular weight is 325 g/mol. The first kappa shape index (κ1) is 15.9. The number of nitrogens with one attached hydrogen (secondary N) is 1. The van der Waals surface area contributed by atoms with Gasteiger partial charge < -0.3 is 15.1 Å². The molecule has 3 rings (SSSR count). The van der Waals surface area contributed by atoms with Crippen molar-refractivity contribution in [2.75, 3.05) is 36.4 Å². The molecule has 124 valence electrons. The van der Waals surface area contributed by atoms with Gasteiger partial charge in [-0.05, 0) is 24.6 Å². The fourth-order valence-electron chi connectivity index (χ4n) is 2.62. The number of aryl methyl sites for hydroxylation is 1. The molecule has 2 heterocycles.